The van der Waals surface area contributed by atoms with Crippen molar-refractivity contribution in [1.82, 2.24) is 10.6 Å². The summed E-state index contributed by atoms with van der Waals surface area (Å²) in [6.07, 6.45) is 2.37. The number of rotatable bonds is 5. The van der Waals surface area contributed by atoms with E-state index in [1.165, 1.54) is 24.3 Å². The van der Waals surface area contributed by atoms with Gasteiger partial charge in [-0.05, 0) is 31.4 Å². The quantitative estimate of drug-likeness (QED) is 0.616. The zero-order valence-corrected chi connectivity index (χ0v) is 11.9. The molecule has 0 saturated carbocycles. The van der Waals surface area contributed by atoms with Crippen LogP contribution in [0.3, 0.4) is 0 Å². The third-order valence-corrected chi connectivity index (χ3v) is 3.29. The number of benzene rings is 1. The van der Waals surface area contributed by atoms with Gasteiger partial charge in [0, 0.05) is 18.7 Å². The summed E-state index contributed by atoms with van der Waals surface area (Å²) in [6, 6.07) is 4.90. The van der Waals surface area contributed by atoms with Crippen LogP contribution in [0.5, 0.6) is 5.75 Å². The van der Waals surface area contributed by atoms with Gasteiger partial charge < -0.3 is 15.4 Å². The second-order valence-corrected chi connectivity index (χ2v) is 4.95. The van der Waals surface area contributed by atoms with E-state index in [-0.39, 0.29) is 18.2 Å². The van der Waals surface area contributed by atoms with E-state index in [0.717, 1.165) is 12.8 Å². The van der Waals surface area contributed by atoms with Gasteiger partial charge in [0.2, 0.25) is 5.91 Å². The van der Waals surface area contributed by atoms with E-state index in [1.807, 2.05) is 0 Å². The van der Waals surface area contributed by atoms with Gasteiger partial charge in [0.15, 0.2) is 6.61 Å². The first-order valence-electron chi connectivity index (χ1n) is 7.00. The van der Waals surface area contributed by atoms with Crippen molar-refractivity contribution in [3.05, 3.63) is 34.4 Å². The van der Waals surface area contributed by atoms with E-state index in [4.69, 9.17) is 4.74 Å². The van der Waals surface area contributed by atoms with Crippen LogP contribution in [0.1, 0.15) is 19.3 Å². The SMILES string of the molecule is O=C(COc1ccc([N+](=O)[O-])cc1)N[C@H]1CCCCNC1=O. The molecule has 0 aromatic heterocycles. The molecule has 2 rings (SSSR count). The van der Waals surface area contributed by atoms with Crippen LogP contribution in [0.2, 0.25) is 0 Å². The lowest BCUT2D eigenvalue weighted by Crippen LogP contribution is -2.46. The third kappa shape index (κ3) is 4.44. The summed E-state index contributed by atoms with van der Waals surface area (Å²) in [5.74, 6) is -0.229. The lowest BCUT2D eigenvalue weighted by molar-refractivity contribution is -0.384. The number of nitrogens with zero attached hydrogens (tertiary/aromatic N) is 1. The predicted octanol–water partition coefficient (Wildman–Crippen LogP) is 0.758. The maximum Gasteiger partial charge on any atom is 0.269 e. The Hall–Kier alpha value is -2.64. The van der Waals surface area contributed by atoms with Gasteiger partial charge in [-0.3, -0.25) is 19.7 Å². The monoisotopic (exact) mass is 307 g/mol. The van der Waals surface area contributed by atoms with Gasteiger partial charge in [0.1, 0.15) is 11.8 Å². The standard InChI is InChI=1S/C14H17N3O5/c18-13(16-12-3-1-2-8-15-14(12)19)9-22-11-6-4-10(5-7-11)17(20)21/h4-7,12H,1-3,8-9H2,(H,15,19)(H,16,18)/t12-/m0/s1. The summed E-state index contributed by atoms with van der Waals surface area (Å²) in [7, 11) is 0. The average Bonchev–Trinajstić information content (AvgIpc) is 2.70. The number of nitrogens with one attached hydrogen (secondary N) is 2. The maximum atomic E-state index is 11.8. The highest BCUT2D eigenvalue weighted by Gasteiger charge is 2.22. The van der Waals surface area contributed by atoms with Crippen LogP contribution < -0.4 is 15.4 Å². The minimum Gasteiger partial charge on any atom is -0.484 e. The lowest BCUT2D eigenvalue weighted by atomic mass is 10.1. The van der Waals surface area contributed by atoms with Crippen LogP contribution >= 0.6 is 0 Å². The summed E-state index contributed by atoms with van der Waals surface area (Å²) >= 11 is 0. The molecule has 22 heavy (non-hydrogen) atoms. The molecular formula is C14H17N3O5. The van der Waals surface area contributed by atoms with Crippen molar-refractivity contribution in [1.29, 1.82) is 0 Å². The molecule has 0 bridgehead atoms. The van der Waals surface area contributed by atoms with E-state index in [0.29, 0.717) is 18.7 Å². The zero-order valence-electron chi connectivity index (χ0n) is 11.9. The largest absolute Gasteiger partial charge is 0.484 e. The number of nitro benzene ring substituents is 1. The minimum atomic E-state index is -0.532. The van der Waals surface area contributed by atoms with Gasteiger partial charge in [-0.25, -0.2) is 0 Å². The van der Waals surface area contributed by atoms with Crippen LogP contribution in [0, 0.1) is 10.1 Å². The highest BCUT2D eigenvalue weighted by Crippen LogP contribution is 2.17. The molecule has 0 spiro atoms. The third-order valence-electron chi connectivity index (χ3n) is 3.29. The number of ether oxygens (including phenoxy) is 1. The molecule has 1 saturated heterocycles. The van der Waals surface area contributed by atoms with Crippen molar-refractivity contribution < 1.29 is 19.2 Å². The number of non-ortho nitro benzene ring substituents is 1. The molecule has 1 atom stereocenters. The molecule has 1 heterocycles. The van der Waals surface area contributed by atoms with E-state index >= 15 is 0 Å². The van der Waals surface area contributed by atoms with Gasteiger partial charge in [-0.15, -0.1) is 0 Å². The molecule has 1 fully saturated rings. The molecular weight excluding hydrogens is 290 g/mol. The van der Waals surface area contributed by atoms with Crippen LogP contribution in [0.25, 0.3) is 0 Å². The van der Waals surface area contributed by atoms with Gasteiger partial charge >= 0.3 is 0 Å². The highest BCUT2D eigenvalue weighted by molar-refractivity contribution is 5.88. The average molecular weight is 307 g/mol. The van der Waals surface area contributed by atoms with E-state index in [2.05, 4.69) is 10.6 Å². The van der Waals surface area contributed by atoms with Gasteiger partial charge in [-0.1, -0.05) is 0 Å². The Morgan fingerprint density at radius 1 is 1.36 bits per heavy atom. The minimum absolute atomic E-state index is 0.0491. The van der Waals surface area contributed by atoms with Gasteiger partial charge in [0.05, 0.1) is 4.92 Å². The molecule has 0 aliphatic carbocycles. The highest BCUT2D eigenvalue weighted by atomic mass is 16.6. The Morgan fingerprint density at radius 3 is 2.77 bits per heavy atom. The number of nitro groups is 1. The molecule has 0 radical (unpaired) electrons. The Bertz CT molecular complexity index is 558. The normalized spacial score (nSPS) is 18.0. The number of hydrogen-bond donors (Lipinski definition) is 2. The van der Waals surface area contributed by atoms with Crippen LogP contribution in [0.15, 0.2) is 24.3 Å². The summed E-state index contributed by atoms with van der Waals surface area (Å²) in [5.41, 5.74) is -0.0491. The number of hydrogen-bond acceptors (Lipinski definition) is 5. The first kappa shape index (κ1) is 15.7. The van der Waals surface area contributed by atoms with Crippen molar-refractivity contribution in [2.75, 3.05) is 13.2 Å². The molecule has 1 aromatic rings. The molecule has 1 aliphatic heterocycles. The second kappa shape index (κ2) is 7.39. The van der Waals surface area contributed by atoms with Gasteiger partial charge in [-0.2, -0.15) is 0 Å². The Morgan fingerprint density at radius 2 is 2.09 bits per heavy atom. The number of carbonyl (C=O) groups excluding carboxylic acids is 2. The molecule has 8 heteroatoms. The summed E-state index contributed by atoms with van der Waals surface area (Å²) in [5, 5.41) is 15.9. The van der Waals surface area contributed by atoms with E-state index < -0.39 is 16.9 Å². The maximum absolute atomic E-state index is 11.8. The fourth-order valence-corrected chi connectivity index (χ4v) is 2.13. The Labute approximate surface area is 127 Å². The molecule has 0 unspecified atom stereocenters. The molecule has 118 valence electrons. The summed E-state index contributed by atoms with van der Waals surface area (Å²) in [4.78, 5) is 33.5. The van der Waals surface area contributed by atoms with Crippen LogP contribution in [-0.2, 0) is 9.59 Å². The first-order chi connectivity index (χ1) is 10.6. The smallest absolute Gasteiger partial charge is 0.269 e. The van der Waals surface area contributed by atoms with Crippen molar-refractivity contribution >= 4 is 17.5 Å². The molecule has 1 aromatic carbocycles. The summed E-state index contributed by atoms with van der Waals surface area (Å²) < 4.78 is 5.24. The predicted molar refractivity (Wildman–Crippen MR) is 77.4 cm³/mol. The summed E-state index contributed by atoms with van der Waals surface area (Å²) in [6.45, 7) is 0.381. The molecule has 1 aliphatic rings. The Kier molecular flexibility index (Phi) is 5.29. The molecule has 2 N–H and O–H groups in total. The fourth-order valence-electron chi connectivity index (χ4n) is 2.13. The first-order valence-corrected chi connectivity index (χ1v) is 7.00. The van der Waals surface area contributed by atoms with Crippen molar-refractivity contribution in [2.45, 2.75) is 25.3 Å². The Balaban J connectivity index is 1.81. The molecule has 8 nitrogen and oxygen atoms in total. The second-order valence-electron chi connectivity index (χ2n) is 4.95. The number of carbonyl (C=O) groups is 2. The number of amides is 2. The van der Waals surface area contributed by atoms with E-state index in [9.17, 15) is 19.7 Å². The molecule has 2 amide bonds. The zero-order chi connectivity index (χ0) is 15.9. The van der Waals surface area contributed by atoms with Gasteiger partial charge in [0.25, 0.3) is 11.6 Å². The van der Waals surface area contributed by atoms with Crippen molar-refractivity contribution in [3.63, 3.8) is 0 Å². The van der Waals surface area contributed by atoms with E-state index in [1.54, 1.807) is 0 Å². The van der Waals surface area contributed by atoms with Crippen LogP contribution in [0.4, 0.5) is 5.69 Å². The van der Waals surface area contributed by atoms with Crippen LogP contribution in [-0.4, -0.2) is 35.9 Å². The fraction of sp³-hybridized carbons (Fsp3) is 0.429. The lowest BCUT2D eigenvalue weighted by Gasteiger charge is -2.15. The van der Waals surface area contributed by atoms with Crippen molar-refractivity contribution in [2.24, 2.45) is 0 Å². The topological polar surface area (TPSA) is 111 Å². The van der Waals surface area contributed by atoms with Crippen molar-refractivity contribution in [3.8, 4) is 5.75 Å².